The summed E-state index contributed by atoms with van der Waals surface area (Å²) in [7, 11) is 0. The van der Waals surface area contributed by atoms with E-state index in [2.05, 4.69) is 5.92 Å². The number of hydrogen-bond acceptors (Lipinski definition) is 1. The van der Waals surface area contributed by atoms with Gasteiger partial charge in [-0.2, -0.15) is 0 Å². The molecule has 1 aliphatic carbocycles. The maximum atomic E-state index is 10.3. The van der Waals surface area contributed by atoms with Crippen molar-refractivity contribution in [2.75, 3.05) is 0 Å². The Bertz CT molecular complexity index is 148. The van der Waals surface area contributed by atoms with E-state index < -0.39 is 0 Å². The smallest absolute Gasteiger partial charge is 0.126 e. The third kappa shape index (κ3) is 1.32. The Morgan fingerprint density at radius 1 is 1.67 bits per heavy atom. The van der Waals surface area contributed by atoms with E-state index in [9.17, 15) is 4.79 Å². The zero-order chi connectivity index (χ0) is 6.74. The lowest BCUT2D eigenvalue weighted by atomic mass is 10.0. The summed E-state index contributed by atoms with van der Waals surface area (Å²) in [6.07, 6.45) is 9.86. The highest BCUT2D eigenvalue weighted by atomic mass is 16.1. The lowest BCUT2D eigenvalue weighted by Crippen LogP contribution is -1.99. The standard InChI is InChI=1S/C8H10O/c1-2-3-4-8(7-9)5-6-8/h1,7H,3-6H2. The van der Waals surface area contributed by atoms with Gasteiger partial charge in [0.1, 0.15) is 6.29 Å². The summed E-state index contributed by atoms with van der Waals surface area (Å²) in [4.78, 5) is 10.3. The second-order valence-corrected chi connectivity index (χ2v) is 2.68. The van der Waals surface area contributed by atoms with Crippen molar-refractivity contribution in [2.24, 2.45) is 5.41 Å². The number of hydrogen-bond donors (Lipinski definition) is 0. The minimum absolute atomic E-state index is 0.0202. The first-order valence-electron chi connectivity index (χ1n) is 3.23. The molecule has 0 unspecified atom stereocenters. The van der Waals surface area contributed by atoms with Gasteiger partial charge in [-0.15, -0.1) is 12.3 Å². The van der Waals surface area contributed by atoms with Crippen LogP contribution in [0, 0.1) is 17.8 Å². The van der Waals surface area contributed by atoms with Crippen molar-refractivity contribution in [3.05, 3.63) is 0 Å². The van der Waals surface area contributed by atoms with E-state index >= 15 is 0 Å². The second-order valence-electron chi connectivity index (χ2n) is 2.68. The van der Waals surface area contributed by atoms with E-state index in [0.717, 1.165) is 32.0 Å². The zero-order valence-electron chi connectivity index (χ0n) is 5.39. The highest BCUT2D eigenvalue weighted by Crippen LogP contribution is 2.47. The molecule has 9 heavy (non-hydrogen) atoms. The SMILES string of the molecule is C#CCCC1(C=O)CC1. The molecule has 0 amide bonds. The van der Waals surface area contributed by atoms with Gasteiger partial charge >= 0.3 is 0 Å². The van der Waals surface area contributed by atoms with Gasteiger partial charge in [0, 0.05) is 11.8 Å². The van der Waals surface area contributed by atoms with Gasteiger partial charge in [0.25, 0.3) is 0 Å². The topological polar surface area (TPSA) is 17.1 Å². The molecule has 0 aromatic carbocycles. The van der Waals surface area contributed by atoms with Crippen LogP contribution in [0.15, 0.2) is 0 Å². The minimum Gasteiger partial charge on any atom is -0.303 e. The molecule has 0 atom stereocenters. The van der Waals surface area contributed by atoms with Gasteiger partial charge in [0.05, 0.1) is 0 Å². The lowest BCUT2D eigenvalue weighted by Gasteiger charge is -1.99. The van der Waals surface area contributed by atoms with Crippen molar-refractivity contribution in [1.82, 2.24) is 0 Å². The average molecular weight is 122 g/mol. The fourth-order valence-corrected chi connectivity index (χ4v) is 0.908. The molecule has 1 nitrogen and oxygen atoms in total. The predicted octanol–water partition coefficient (Wildman–Crippen LogP) is 1.38. The third-order valence-corrected chi connectivity index (χ3v) is 1.91. The van der Waals surface area contributed by atoms with Crippen LogP contribution in [-0.4, -0.2) is 6.29 Å². The summed E-state index contributed by atoms with van der Waals surface area (Å²) in [6.45, 7) is 0. The molecular weight excluding hydrogens is 112 g/mol. The van der Waals surface area contributed by atoms with Gasteiger partial charge in [0.2, 0.25) is 0 Å². The second kappa shape index (κ2) is 2.23. The van der Waals surface area contributed by atoms with Gasteiger partial charge in [-0.3, -0.25) is 0 Å². The van der Waals surface area contributed by atoms with E-state index in [1.165, 1.54) is 0 Å². The summed E-state index contributed by atoms with van der Waals surface area (Å²) in [5.74, 6) is 2.54. The van der Waals surface area contributed by atoms with Gasteiger partial charge in [-0.25, -0.2) is 0 Å². The molecule has 1 rings (SSSR count). The maximum absolute atomic E-state index is 10.3. The van der Waals surface area contributed by atoms with Gasteiger partial charge < -0.3 is 4.79 Å². The van der Waals surface area contributed by atoms with Crippen LogP contribution in [-0.2, 0) is 4.79 Å². The van der Waals surface area contributed by atoms with Crippen LogP contribution in [0.2, 0.25) is 0 Å². The molecule has 0 bridgehead atoms. The Kier molecular flexibility index (Phi) is 1.57. The summed E-state index contributed by atoms with van der Waals surface area (Å²) < 4.78 is 0. The fourth-order valence-electron chi connectivity index (χ4n) is 0.908. The number of terminal acetylenes is 1. The maximum Gasteiger partial charge on any atom is 0.126 e. The lowest BCUT2D eigenvalue weighted by molar-refractivity contribution is -0.112. The normalized spacial score (nSPS) is 20.3. The first-order chi connectivity index (χ1) is 4.33. The Hall–Kier alpha value is -0.770. The monoisotopic (exact) mass is 122 g/mol. The molecule has 1 saturated carbocycles. The minimum atomic E-state index is 0.0202. The first kappa shape index (κ1) is 6.35. The molecule has 0 aromatic rings. The zero-order valence-corrected chi connectivity index (χ0v) is 5.39. The number of rotatable bonds is 3. The molecular formula is C8H10O. The van der Waals surface area contributed by atoms with E-state index in [-0.39, 0.29) is 5.41 Å². The molecule has 0 aromatic heterocycles. The molecule has 0 aliphatic heterocycles. The van der Waals surface area contributed by atoms with Crippen molar-refractivity contribution < 1.29 is 4.79 Å². The van der Waals surface area contributed by atoms with E-state index in [1.54, 1.807) is 0 Å². The number of carbonyl (C=O) groups excluding carboxylic acids is 1. The van der Waals surface area contributed by atoms with E-state index in [4.69, 9.17) is 6.42 Å². The van der Waals surface area contributed by atoms with Crippen molar-refractivity contribution in [1.29, 1.82) is 0 Å². The van der Waals surface area contributed by atoms with Crippen molar-refractivity contribution in [3.63, 3.8) is 0 Å². The van der Waals surface area contributed by atoms with Crippen LogP contribution in [0.5, 0.6) is 0 Å². The average Bonchev–Trinajstić information content (AvgIpc) is 2.65. The van der Waals surface area contributed by atoms with Crippen LogP contribution in [0.3, 0.4) is 0 Å². The first-order valence-corrected chi connectivity index (χ1v) is 3.23. The highest BCUT2D eigenvalue weighted by Gasteiger charge is 2.41. The molecule has 0 spiro atoms. The van der Waals surface area contributed by atoms with Crippen LogP contribution < -0.4 is 0 Å². The van der Waals surface area contributed by atoms with Crippen molar-refractivity contribution >= 4 is 6.29 Å². The van der Waals surface area contributed by atoms with E-state index in [0.29, 0.717) is 0 Å². The summed E-state index contributed by atoms with van der Waals surface area (Å²) >= 11 is 0. The Morgan fingerprint density at radius 2 is 2.33 bits per heavy atom. The molecule has 0 heterocycles. The molecule has 1 fully saturated rings. The molecule has 0 N–H and O–H groups in total. The molecule has 1 heteroatoms. The Balaban J connectivity index is 2.27. The Morgan fingerprint density at radius 3 is 2.67 bits per heavy atom. The summed E-state index contributed by atoms with van der Waals surface area (Å²) in [5.41, 5.74) is 0.0202. The summed E-state index contributed by atoms with van der Waals surface area (Å²) in [5, 5.41) is 0. The molecule has 0 saturated heterocycles. The van der Waals surface area contributed by atoms with Crippen LogP contribution >= 0.6 is 0 Å². The highest BCUT2D eigenvalue weighted by molar-refractivity contribution is 5.63. The number of carbonyl (C=O) groups is 1. The van der Waals surface area contributed by atoms with E-state index in [1.807, 2.05) is 0 Å². The Labute approximate surface area is 55.4 Å². The van der Waals surface area contributed by atoms with Gasteiger partial charge in [-0.05, 0) is 19.3 Å². The van der Waals surface area contributed by atoms with Gasteiger partial charge in [-0.1, -0.05) is 0 Å². The third-order valence-electron chi connectivity index (χ3n) is 1.91. The predicted molar refractivity (Wildman–Crippen MR) is 35.8 cm³/mol. The van der Waals surface area contributed by atoms with Crippen molar-refractivity contribution in [2.45, 2.75) is 25.7 Å². The fraction of sp³-hybridized carbons (Fsp3) is 0.625. The van der Waals surface area contributed by atoms with Crippen LogP contribution in [0.1, 0.15) is 25.7 Å². The van der Waals surface area contributed by atoms with Crippen molar-refractivity contribution in [3.8, 4) is 12.3 Å². The quantitative estimate of drug-likeness (QED) is 0.408. The summed E-state index contributed by atoms with van der Waals surface area (Å²) in [6, 6.07) is 0. The largest absolute Gasteiger partial charge is 0.303 e. The molecule has 1 aliphatic rings. The van der Waals surface area contributed by atoms with Gasteiger partial charge in [0.15, 0.2) is 0 Å². The van der Waals surface area contributed by atoms with Crippen LogP contribution in [0.4, 0.5) is 0 Å². The molecule has 0 radical (unpaired) electrons. The van der Waals surface area contributed by atoms with Crippen LogP contribution in [0.25, 0.3) is 0 Å². The molecule has 48 valence electrons. The number of aldehydes is 1.